The van der Waals surface area contributed by atoms with Gasteiger partial charge in [-0.1, -0.05) is 48.0 Å². The molecule has 28 heavy (non-hydrogen) atoms. The molecule has 0 saturated heterocycles. The van der Waals surface area contributed by atoms with Crippen molar-refractivity contribution in [1.82, 2.24) is 9.88 Å². The van der Waals surface area contributed by atoms with E-state index in [0.717, 1.165) is 11.1 Å². The van der Waals surface area contributed by atoms with E-state index in [2.05, 4.69) is 4.98 Å². The van der Waals surface area contributed by atoms with Crippen molar-refractivity contribution in [2.45, 2.75) is 19.5 Å². The zero-order chi connectivity index (χ0) is 19.7. The van der Waals surface area contributed by atoms with Gasteiger partial charge in [-0.25, -0.2) is 4.39 Å². The average molecular weight is 374 g/mol. The van der Waals surface area contributed by atoms with Gasteiger partial charge in [0.2, 0.25) is 0 Å². The van der Waals surface area contributed by atoms with Crippen molar-refractivity contribution in [2.24, 2.45) is 0 Å². The summed E-state index contributed by atoms with van der Waals surface area (Å²) in [6.45, 7) is 2.20. The Hall–Kier alpha value is -3.47. The van der Waals surface area contributed by atoms with Gasteiger partial charge in [0.25, 0.3) is 5.91 Å². The quantitative estimate of drug-likeness (QED) is 0.727. The molecule has 0 unspecified atom stereocenters. The molecule has 5 heteroatoms. The number of carbonyl (C=O) groups is 1. The van der Waals surface area contributed by atoms with Gasteiger partial charge < -0.3 is 10.0 Å². The van der Waals surface area contributed by atoms with Crippen LogP contribution in [0, 0.1) is 12.7 Å². The molecule has 1 atom stereocenters. The molecule has 4 rings (SSSR count). The summed E-state index contributed by atoms with van der Waals surface area (Å²) >= 11 is 0. The smallest absolute Gasteiger partial charge is 0.290 e. The number of carbonyl (C=O) groups excluding carboxylic acids is 1. The second-order valence-corrected chi connectivity index (χ2v) is 6.84. The van der Waals surface area contributed by atoms with Crippen molar-refractivity contribution in [1.29, 1.82) is 0 Å². The molecular formula is C23H19FN2O2. The first kappa shape index (κ1) is 17.9. The van der Waals surface area contributed by atoms with Crippen LogP contribution in [-0.2, 0) is 11.3 Å². The van der Waals surface area contributed by atoms with Crippen molar-refractivity contribution in [3.63, 3.8) is 0 Å². The molecule has 1 aromatic heterocycles. The normalized spacial score (nSPS) is 16.7. The molecular weight excluding hydrogens is 355 g/mol. The van der Waals surface area contributed by atoms with E-state index in [-0.39, 0.29) is 12.3 Å². The molecule has 2 aromatic carbocycles. The minimum Gasteiger partial charge on any atom is -0.503 e. The Balaban J connectivity index is 1.84. The molecule has 0 fully saturated rings. The summed E-state index contributed by atoms with van der Waals surface area (Å²) < 4.78 is 14.7. The first-order valence-corrected chi connectivity index (χ1v) is 9.00. The topological polar surface area (TPSA) is 53.4 Å². The lowest BCUT2D eigenvalue weighted by Crippen LogP contribution is -2.30. The Morgan fingerprint density at radius 3 is 2.39 bits per heavy atom. The van der Waals surface area contributed by atoms with E-state index in [0.29, 0.717) is 16.7 Å². The fraction of sp³-hybridized carbons (Fsp3) is 0.130. The van der Waals surface area contributed by atoms with Gasteiger partial charge >= 0.3 is 0 Å². The molecule has 0 spiro atoms. The van der Waals surface area contributed by atoms with Gasteiger partial charge in [0.15, 0.2) is 5.76 Å². The Labute approximate surface area is 162 Å². The van der Waals surface area contributed by atoms with Crippen molar-refractivity contribution < 1.29 is 14.3 Å². The second kappa shape index (κ2) is 7.27. The molecule has 0 aliphatic carbocycles. The molecule has 1 amide bonds. The average Bonchev–Trinajstić information content (AvgIpc) is 2.95. The van der Waals surface area contributed by atoms with E-state index in [1.54, 1.807) is 42.7 Å². The minimum absolute atomic E-state index is 0.236. The summed E-state index contributed by atoms with van der Waals surface area (Å²) in [4.78, 5) is 18.4. The third-order valence-corrected chi connectivity index (χ3v) is 4.97. The summed E-state index contributed by atoms with van der Waals surface area (Å²) in [5.74, 6) is -1.27. The molecule has 0 bridgehead atoms. The van der Waals surface area contributed by atoms with Crippen LogP contribution in [0.3, 0.4) is 0 Å². The van der Waals surface area contributed by atoms with Gasteiger partial charge in [-0.2, -0.15) is 0 Å². The number of rotatable bonds is 4. The Morgan fingerprint density at radius 1 is 1.04 bits per heavy atom. The van der Waals surface area contributed by atoms with Crippen molar-refractivity contribution in [3.8, 4) is 0 Å². The van der Waals surface area contributed by atoms with E-state index in [1.165, 1.54) is 11.0 Å². The fourth-order valence-corrected chi connectivity index (χ4v) is 3.55. The van der Waals surface area contributed by atoms with Crippen molar-refractivity contribution in [3.05, 3.63) is 107 Å². The summed E-state index contributed by atoms with van der Waals surface area (Å²) in [5, 5.41) is 10.7. The molecule has 4 nitrogen and oxygen atoms in total. The Kier molecular flexibility index (Phi) is 4.65. The highest BCUT2D eigenvalue weighted by atomic mass is 19.1. The number of aliphatic hydroxyl groups excluding tert-OH is 1. The zero-order valence-corrected chi connectivity index (χ0v) is 15.3. The highest BCUT2D eigenvalue weighted by Crippen LogP contribution is 2.44. The lowest BCUT2D eigenvalue weighted by Gasteiger charge is -2.27. The van der Waals surface area contributed by atoms with Gasteiger partial charge in [0.1, 0.15) is 5.82 Å². The van der Waals surface area contributed by atoms with Crippen molar-refractivity contribution in [2.75, 3.05) is 0 Å². The van der Waals surface area contributed by atoms with Crippen LogP contribution in [0.5, 0.6) is 0 Å². The van der Waals surface area contributed by atoms with Crippen LogP contribution in [0.4, 0.5) is 4.39 Å². The number of amides is 1. The lowest BCUT2D eigenvalue weighted by atomic mass is 9.92. The Bertz CT molecular complexity index is 1050. The molecule has 0 saturated carbocycles. The SMILES string of the molecule is Cc1ccc(C2=C(O)C(=O)N(Cc3ccncc3)[C@H]2c2ccccc2F)cc1. The predicted molar refractivity (Wildman–Crippen MR) is 105 cm³/mol. The number of halogens is 1. The zero-order valence-electron chi connectivity index (χ0n) is 15.3. The van der Waals surface area contributed by atoms with Crippen LogP contribution in [-0.4, -0.2) is 20.9 Å². The molecule has 0 radical (unpaired) electrons. The van der Waals surface area contributed by atoms with Gasteiger partial charge in [0, 0.05) is 30.1 Å². The third kappa shape index (κ3) is 3.16. The molecule has 3 aromatic rings. The number of aliphatic hydroxyl groups is 1. The number of benzene rings is 2. The van der Waals surface area contributed by atoms with E-state index < -0.39 is 17.8 Å². The third-order valence-electron chi connectivity index (χ3n) is 4.97. The fourth-order valence-electron chi connectivity index (χ4n) is 3.55. The summed E-state index contributed by atoms with van der Waals surface area (Å²) in [5.41, 5.74) is 3.38. The number of hydrogen-bond acceptors (Lipinski definition) is 3. The second-order valence-electron chi connectivity index (χ2n) is 6.84. The highest BCUT2D eigenvalue weighted by molar-refractivity contribution is 6.05. The van der Waals surface area contributed by atoms with E-state index >= 15 is 0 Å². The highest BCUT2D eigenvalue weighted by Gasteiger charge is 2.42. The van der Waals surface area contributed by atoms with E-state index in [1.807, 2.05) is 31.2 Å². The van der Waals surface area contributed by atoms with Gasteiger partial charge in [0.05, 0.1) is 6.04 Å². The van der Waals surface area contributed by atoms with Gasteiger partial charge in [-0.05, 0) is 36.2 Å². The predicted octanol–water partition coefficient (Wildman–Crippen LogP) is 4.58. The monoisotopic (exact) mass is 374 g/mol. The first-order valence-electron chi connectivity index (χ1n) is 9.00. The molecule has 140 valence electrons. The molecule has 2 heterocycles. The van der Waals surface area contributed by atoms with Crippen LogP contribution in [0.15, 0.2) is 78.8 Å². The van der Waals surface area contributed by atoms with Crippen LogP contribution < -0.4 is 0 Å². The largest absolute Gasteiger partial charge is 0.503 e. The minimum atomic E-state index is -0.718. The number of aromatic nitrogens is 1. The maximum Gasteiger partial charge on any atom is 0.290 e. The maximum absolute atomic E-state index is 14.7. The van der Waals surface area contributed by atoms with E-state index in [9.17, 15) is 14.3 Å². The number of hydrogen-bond donors (Lipinski definition) is 1. The number of pyridine rings is 1. The first-order chi connectivity index (χ1) is 13.6. The number of nitrogens with zero attached hydrogens (tertiary/aromatic N) is 2. The van der Waals surface area contributed by atoms with Crippen LogP contribution in [0.2, 0.25) is 0 Å². The Morgan fingerprint density at radius 2 is 1.71 bits per heavy atom. The molecule has 1 aliphatic rings. The molecule has 1 N–H and O–H groups in total. The van der Waals surface area contributed by atoms with Crippen LogP contribution in [0.1, 0.15) is 28.3 Å². The van der Waals surface area contributed by atoms with Crippen LogP contribution in [0.25, 0.3) is 5.57 Å². The van der Waals surface area contributed by atoms with E-state index in [4.69, 9.17) is 0 Å². The summed E-state index contributed by atoms with van der Waals surface area (Å²) in [6.07, 6.45) is 3.28. The van der Waals surface area contributed by atoms with Gasteiger partial charge in [-0.3, -0.25) is 9.78 Å². The standard InChI is InChI=1S/C23H19FN2O2/c1-15-6-8-17(9-7-15)20-21(18-4-2-3-5-19(18)24)26(23(28)22(20)27)14-16-10-12-25-13-11-16/h2-13,21,27H,14H2,1H3/t21-/m0/s1. The maximum atomic E-state index is 14.7. The number of aryl methyl sites for hydroxylation is 1. The molecule has 1 aliphatic heterocycles. The summed E-state index contributed by atoms with van der Waals surface area (Å²) in [6, 6.07) is 16.7. The summed E-state index contributed by atoms with van der Waals surface area (Å²) in [7, 11) is 0. The van der Waals surface area contributed by atoms with Crippen LogP contribution >= 0.6 is 0 Å². The van der Waals surface area contributed by atoms with Crippen molar-refractivity contribution >= 4 is 11.5 Å². The lowest BCUT2D eigenvalue weighted by molar-refractivity contribution is -0.130. The van der Waals surface area contributed by atoms with Gasteiger partial charge in [-0.15, -0.1) is 0 Å².